The van der Waals surface area contributed by atoms with Crippen LogP contribution in [0.5, 0.6) is 11.5 Å². The van der Waals surface area contributed by atoms with Crippen LogP contribution < -0.4 is 25.1 Å². The average molecular weight is 478 g/mol. The molecule has 0 unspecified atom stereocenters. The Morgan fingerprint density at radius 3 is 2.56 bits per heavy atom. The summed E-state index contributed by atoms with van der Waals surface area (Å²) in [4.78, 5) is 29.9. The average Bonchev–Trinajstić information content (AvgIpc) is 3.10. The lowest BCUT2D eigenvalue weighted by atomic mass is 10.1. The first-order valence-corrected chi connectivity index (χ1v) is 12.0. The van der Waals surface area contributed by atoms with Crippen molar-refractivity contribution in [1.29, 1.82) is 0 Å². The summed E-state index contributed by atoms with van der Waals surface area (Å²) in [7, 11) is 1.59. The molecule has 0 saturated carbocycles. The zero-order valence-electron chi connectivity index (χ0n) is 19.7. The zero-order valence-corrected chi connectivity index (χ0v) is 20.5. The summed E-state index contributed by atoms with van der Waals surface area (Å²) in [6.45, 7) is 6.90. The third kappa shape index (κ3) is 5.34. The molecule has 0 amide bonds. The van der Waals surface area contributed by atoms with Crippen LogP contribution in [0, 0.1) is 12.8 Å². The molecule has 0 aliphatic rings. The molecule has 0 atom stereocenters. The SMILES string of the molecule is COc1cc(/C=c2\sc3nc(=O)c(Cc4ccc(C)cc4)nn3c2=O)ccc1OCCC(C)C. The summed E-state index contributed by atoms with van der Waals surface area (Å²) >= 11 is 1.13. The number of ether oxygens (including phenoxy) is 2. The van der Waals surface area contributed by atoms with E-state index in [-0.39, 0.29) is 16.2 Å². The van der Waals surface area contributed by atoms with Crippen molar-refractivity contribution in [2.75, 3.05) is 13.7 Å². The molecule has 2 heterocycles. The molecule has 8 heteroatoms. The van der Waals surface area contributed by atoms with Crippen molar-refractivity contribution in [1.82, 2.24) is 14.6 Å². The molecule has 0 aliphatic heterocycles. The summed E-state index contributed by atoms with van der Waals surface area (Å²) < 4.78 is 13.0. The van der Waals surface area contributed by atoms with E-state index in [9.17, 15) is 9.59 Å². The van der Waals surface area contributed by atoms with Gasteiger partial charge in [0.25, 0.3) is 11.1 Å². The van der Waals surface area contributed by atoms with Gasteiger partial charge < -0.3 is 9.47 Å². The molecule has 0 N–H and O–H groups in total. The fraction of sp³-hybridized carbons (Fsp3) is 0.308. The van der Waals surface area contributed by atoms with Gasteiger partial charge in [-0.3, -0.25) is 9.59 Å². The highest BCUT2D eigenvalue weighted by Crippen LogP contribution is 2.28. The first kappa shape index (κ1) is 23.6. The van der Waals surface area contributed by atoms with Gasteiger partial charge in [-0.15, -0.1) is 0 Å². The summed E-state index contributed by atoms with van der Waals surface area (Å²) in [5.41, 5.74) is 2.36. The van der Waals surface area contributed by atoms with Crippen molar-refractivity contribution in [3.05, 3.63) is 90.1 Å². The second kappa shape index (κ2) is 10.2. The van der Waals surface area contributed by atoms with Crippen LogP contribution in [-0.2, 0) is 6.42 Å². The molecule has 0 fully saturated rings. The largest absolute Gasteiger partial charge is 0.493 e. The van der Waals surface area contributed by atoms with Crippen LogP contribution in [0.3, 0.4) is 0 Å². The summed E-state index contributed by atoms with van der Waals surface area (Å²) in [5.74, 6) is 1.81. The Bertz CT molecular complexity index is 1470. The number of hydrogen-bond donors (Lipinski definition) is 0. The Hall–Kier alpha value is -3.52. The van der Waals surface area contributed by atoms with Gasteiger partial charge >= 0.3 is 0 Å². The highest BCUT2D eigenvalue weighted by atomic mass is 32.1. The maximum absolute atomic E-state index is 13.0. The van der Waals surface area contributed by atoms with Crippen molar-refractivity contribution >= 4 is 22.4 Å². The van der Waals surface area contributed by atoms with E-state index < -0.39 is 5.56 Å². The number of hydrogen-bond acceptors (Lipinski definition) is 7. The Balaban J connectivity index is 1.66. The molecule has 34 heavy (non-hydrogen) atoms. The number of aromatic nitrogens is 3. The fourth-order valence-electron chi connectivity index (χ4n) is 3.40. The van der Waals surface area contributed by atoms with E-state index in [4.69, 9.17) is 9.47 Å². The quantitative estimate of drug-likeness (QED) is 0.387. The van der Waals surface area contributed by atoms with Gasteiger partial charge in [-0.05, 0) is 48.6 Å². The number of methoxy groups -OCH3 is 1. The number of nitrogens with zero attached hydrogens (tertiary/aromatic N) is 3. The topological polar surface area (TPSA) is 82.8 Å². The molecule has 0 spiro atoms. The van der Waals surface area contributed by atoms with Crippen molar-refractivity contribution in [2.45, 2.75) is 33.6 Å². The van der Waals surface area contributed by atoms with Crippen LogP contribution in [0.1, 0.15) is 42.7 Å². The lowest BCUT2D eigenvalue weighted by Crippen LogP contribution is -2.28. The van der Waals surface area contributed by atoms with Crippen LogP contribution in [0.25, 0.3) is 11.0 Å². The normalized spacial score (nSPS) is 12.0. The molecule has 7 nitrogen and oxygen atoms in total. The lowest BCUT2D eigenvalue weighted by Gasteiger charge is -2.12. The summed E-state index contributed by atoms with van der Waals surface area (Å²) in [6.07, 6.45) is 3.01. The first-order chi connectivity index (χ1) is 16.3. The maximum atomic E-state index is 13.0. The Morgan fingerprint density at radius 2 is 1.85 bits per heavy atom. The van der Waals surface area contributed by atoms with Crippen molar-refractivity contribution in [3.63, 3.8) is 0 Å². The Labute approximate surface area is 201 Å². The third-order valence-electron chi connectivity index (χ3n) is 5.38. The van der Waals surface area contributed by atoms with E-state index in [1.54, 1.807) is 13.2 Å². The van der Waals surface area contributed by atoms with Gasteiger partial charge in [-0.2, -0.15) is 14.6 Å². The predicted molar refractivity (Wildman–Crippen MR) is 134 cm³/mol. The van der Waals surface area contributed by atoms with Crippen LogP contribution in [0.4, 0.5) is 0 Å². The number of rotatable bonds is 8. The van der Waals surface area contributed by atoms with E-state index in [1.807, 2.05) is 49.4 Å². The van der Waals surface area contributed by atoms with E-state index in [0.717, 1.165) is 34.4 Å². The minimum absolute atomic E-state index is 0.243. The van der Waals surface area contributed by atoms with Crippen LogP contribution >= 0.6 is 11.3 Å². The minimum atomic E-state index is -0.419. The third-order valence-corrected chi connectivity index (χ3v) is 6.34. The van der Waals surface area contributed by atoms with Gasteiger partial charge in [0.2, 0.25) is 4.96 Å². The van der Waals surface area contributed by atoms with E-state index in [1.165, 1.54) is 4.52 Å². The summed E-state index contributed by atoms with van der Waals surface area (Å²) in [6, 6.07) is 13.4. The first-order valence-electron chi connectivity index (χ1n) is 11.1. The van der Waals surface area contributed by atoms with E-state index in [0.29, 0.717) is 35.0 Å². The van der Waals surface area contributed by atoms with Gasteiger partial charge in [0, 0.05) is 6.42 Å². The molecular weight excluding hydrogens is 450 g/mol. The Kier molecular flexibility index (Phi) is 7.07. The predicted octanol–water partition coefficient (Wildman–Crippen LogP) is 3.39. The second-order valence-corrected chi connectivity index (χ2v) is 9.59. The maximum Gasteiger partial charge on any atom is 0.296 e. The highest BCUT2D eigenvalue weighted by molar-refractivity contribution is 7.15. The van der Waals surface area contributed by atoms with Gasteiger partial charge in [0.1, 0.15) is 5.69 Å². The molecule has 4 aromatic rings. The molecule has 2 aromatic carbocycles. The van der Waals surface area contributed by atoms with Gasteiger partial charge in [-0.1, -0.05) is 61.1 Å². The van der Waals surface area contributed by atoms with Crippen molar-refractivity contribution in [3.8, 4) is 11.5 Å². The number of fused-ring (bicyclic) bond motifs is 1. The molecular formula is C26H27N3O4S. The smallest absolute Gasteiger partial charge is 0.296 e. The molecule has 0 bridgehead atoms. The fourth-order valence-corrected chi connectivity index (χ4v) is 4.30. The molecule has 0 radical (unpaired) electrons. The monoisotopic (exact) mass is 477 g/mol. The number of aryl methyl sites for hydroxylation is 1. The standard InChI is InChI=1S/C26H27N3O4S/c1-16(2)11-12-33-21-10-9-19(14-22(21)32-4)15-23-25(31)29-26(34-23)27-24(30)20(28-29)13-18-7-5-17(3)6-8-18/h5-10,14-16H,11-13H2,1-4H3/b23-15-. The molecule has 2 aromatic heterocycles. The Morgan fingerprint density at radius 1 is 1.09 bits per heavy atom. The lowest BCUT2D eigenvalue weighted by molar-refractivity contribution is 0.273. The van der Waals surface area contributed by atoms with Crippen LogP contribution in [0.2, 0.25) is 0 Å². The number of benzene rings is 2. The number of thiazole rings is 1. The van der Waals surface area contributed by atoms with Crippen molar-refractivity contribution in [2.24, 2.45) is 5.92 Å². The molecule has 176 valence electrons. The van der Waals surface area contributed by atoms with E-state index in [2.05, 4.69) is 23.9 Å². The minimum Gasteiger partial charge on any atom is -0.493 e. The van der Waals surface area contributed by atoms with Gasteiger partial charge in [0.05, 0.1) is 18.2 Å². The summed E-state index contributed by atoms with van der Waals surface area (Å²) in [5, 5.41) is 4.32. The molecule has 4 rings (SSSR count). The molecule has 0 saturated heterocycles. The second-order valence-electron chi connectivity index (χ2n) is 8.58. The van der Waals surface area contributed by atoms with Crippen LogP contribution in [0.15, 0.2) is 52.1 Å². The van der Waals surface area contributed by atoms with Crippen molar-refractivity contribution < 1.29 is 9.47 Å². The highest BCUT2D eigenvalue weighted by Gasteiger charge is 2.12. The zero-order chi connectivity index (χ0) is 24.2. The van der Waals surface area contributed by atoms with Crippen LogP contribution in [-0.4, -0.2) is 28.3 Å². The van der Waals surface area contributed by atoms with E-state index >= 15 is 0 Å². The molecule has 0 aliphatic carbocycles. The van der Waals surface area contributed by atoms with Gasteiger partial charge in [-0.25, -0.2) is 0 Å². The van der Waals surface area contributed by atoms with Gasteiger partial charge in [0.15, 0.2) is 11.5 Å².